The summed E-state index contributed by atoms with van der Waals surface area (Å²) in [6.07, 6.45) is -1.09. The molecule has 0 radical (unpaired) electrons. The fourth-order valence-electron chi connectivity index (χ4n) is 2.28. The molecule has 1 N–H and O–H groups in total. The molecule has 0 unspecified atom stereocenters. The van der Waals surface area contributed by atoms with E-state index in [0.29, 0.717) is 16.8 Å². The predicted molar refractivity (Wildman–Crippen MR) is 97.7 cm³/mol. The third kappa shape index (κ3) is 5.01. The van der Waals surface area contributed by atoms with Crippen LogP contribution in [0.15, 0.2) is 48.5 Å². The molecule has 2 aromatic carbocycles. The zero-order valence-corrected chi connectivity index (χ0v) is 15.1. The Bertz CT molecular complexity index is 872. The molecule has 7 nitrogen and oxygen atoms in total. The fraction of sp³-hybridized carbons (Fsp3) is 0.200. The minimum Gasteiger partial charge on any atom is -0.465 e. The summed E-state index contributed by atoms with van der Waals surface area (Å²) in [7, 11) is 1.26. The first-order valence-electron chi connectivity index (χ1n) is 8.13. The van der Waals surface area contributed by atoms with Crippen molar-refractivity contribution < 1.29 is 28.7 Å². The van der Waals surface area contributed by atoms with E-state index in [-0.39, 0.29) is 11.3 Å². The Morgan fingerprint density at radius 2 is 1.44 bits per heavy atom. The molecule has 0 aromatic heterocycles. The number of amides is 1. The Morgan fingerprint density at radius 3 is 2.00 bits per heavy atom. The molecule has 7 heteroatoms. The second-order valence-corrected chi connectivity index (χ2v) is 5.71. The Hall–Kier alpha value is -3.48. The van der Waals surface area contributed by atoms with Crippen LogP contribution in [0.2, 0.25) is 0 Å². The maximum absolute atomic E-state index is 12.3. The lowest BCUT2D eigenvalue weighted by molar-refractivity contribution is -0.123. The van der Waals surface area contributed by atoms with E-state index >= 15 is 0 Å². The molecule has 0 fully saturated rings. The van der Waals surface area contributed by atoms with Crippen molar-refractivity contribution >= 4 is 29.3 Å². The molecule has 0 heterocycles. The Kier molecular flexibility index (Phi) is 6.43. The van der Waals surface area contributed by atoms with Crippen LogP contribution in [-0.2, 0) is 14.3 Å². The molecule has 0 saturated carbocycles. The molecule has 1 atom stereocenters. The molecule has 0 aliphatic rings. The van der Waals surface area contributed by atoms with Gasteiger partial charge in [0.25, 0.3) is 5.91 Å². The molecule has 0 aliphatic heterocycles. The van der Waals surface area contributed by atoms with Crippen molar-refractivity contribution in [3.63, 3.8) is 0 Å². The van der Waals surface area contributed by atoms with Gasteiger partial charge in [0, 0.05) is 5.56 Å². The lowest BCUT2D eigenvalue weighted by atomic mass is 10.1. The van der Waals surface area contributed by atoms with Gasteiger partial charge in [-0.3, -0.25) is 9.59 Å². The van der Waals surface area contributed by atoms with Crippen LogP contribution in [0.3, 0.4) is 0 Å². The zero-order valence-electron chi connectivity index (χ0n) is 15.1. The van der Waals surface area contributed by atoms with Gasteiger partial charge in [0.2, 0.25) is 0 Å². The summed E-state index contributed by atoms with van der Waals surface area (Å²) < 4.78 is 9.73. The Morgan fingerprint density at radius 1 is 0.889 bits per heavy atom. The first kappa shape index (κ1) is 19.8. The number of esters is 2. The molecular weight excluding hydrogens is 350 g/mol. The van der Waals surface area contributed by atoms with Crippen LogP contribution < -0.4 is 5.32 Å². The lowest BCUT2D eigenvalue weighted by Crippen LogP contribution is -2.30. The van der Waals surface area contributed by atoms with E-state index in [4.69, 9.17) is 4.74 Å². The maximum Gasteiger partial charge on any atom is 0.338 e. The highest BCUT2D eigenvalue weighted by molar-refractivity contribution is 6.05. The smallest absolute Gasteiger partial charge is 0.338 e. The molecule has 140 valence electrons. The quantitative estimate of drug-likeness (QED) is 0.621. The first-order chi connectivity index (χ1) is 12.8. The van der Waals surface area contributed by atoms with Gasteiger partial charge in [-0.1, -0.05) is 12.1 Å². The number of carbonyl (C=O) groups excluding carboxylic acids is 4. The summed E-state index contributed by atoms with van der Waals surface area (Å²) in [5.41, 5.74) is 1.19. The van der Waals surface area contributed by atoms with Crippen LogP contribution in [0.4, 0.5) is 5.69 Å². The van der Waals surface area contributed by atoms with Gasteiger partial charge in [-0.05, 0) is 50.2 Å². The highest BCUT2D eigenvalue weighted by Gasteiger charge is 2.20. The highest BCUT2D eigenvalue weighted by atomic mass is 16.5. The van der Waals surface area contributed by atoms with Crippen LogP contribution in [0.1, 0.15) is 44.9 Å². The van der Waals surface area contributed by atoms with E-state index in [1.165, 1.54) is 45.2 Å². The van der Waals surface area contributed by atoms with Gasteiger partial charge in [-0.25, -0.2) is 9.59 Å². The average molecular weight is 369 g/mol. The summed E-state index contributed by atoms with van der Waals surface area (Å²) in [6.45, 7) is 2.82. The predicted octanol–water partition coefficient (Wildman–Crippen LogP) is 2.86. The summed E-state index contributed by atoms with van der Waals surface area (Å²) in [5.74, 6) is -2.00. The summed E-state index contributed by atoms with van der Waals surface area (Å²) in [5, 5.41) is 2.58. The normalized spacial score (nSPS) is 11.2. The number of para-hydroxylation sites is 1. The highest BCUT2D eigenvalue weighted by Crippen LogP contribution is 2.16. The molecule has 2 aromatic rings. The third-order valence-electron chi connectivity index (χ3n) is 3.76. The number of ketones is 1. The number of Topliss-reactive ketones (excluding diaryl/α,β-unsaturated/α-hetero) is 1. The van der Waals surface area contributed by atoms with Gasteiger partial charge in [-0.15, -0.1) is 0 Å². The largest absolute Gasteiger partial charge is 0.465 e. The molecule has 2 rings (SSSR count). The van der Waals surface area contributed by atoms with Crippen molar-refractivity contribution in [1.82, 2.24) is 0 Å². The molecular formula is C20H19NO6. The van der Waals surface area contributed by atoms with Crippen LogP contribution in [0.5, 0.6) is 0 Å². The standard InChI is InChI=1S/C20H19NO6/c1-12(22)16-6-4-5-7-17(16)21-18(23)13(2)27-20(25)15-10-8-14(9-11-15)19(24)26-3/h4-11,13H,1-3H3,(H,21,23)/t13-/m1/s1. The summed E-state index contributed by atoms with van der Waals surface area (Å²) in [4.78, 5) is 47.4. The van der Waals surface area contributed by atoms with Crippen molar-refractivity contribution in [3.8, 4) is 0 Å². The van der Waals surface area contributed by atoms with Crippen molar-refractivity contribution in [2.24, 2.45) is 0 Å². The van der Waals surface area contributed by atoms with Crippen molar-refractivity contribution in [2.75, 3.05) is 12.4 Å². The van der Waals surface area contributed by atoms with Crippen LogP contribution in [-0.4, -0.2) is 36.8 Å². The van der Waals surface area contributed by atoms with Gasteiger partial charge >= 0.3 is 11.9 Å². The van der Waals surface area contributed by atoms with Crippen molar-refractivity contribution in [1.29, 1.82) is 0 Å². The molecule has 0 saturated heterocycles. The van der Waals surface area contributed by atoms with E-state index in [1.54, 1.807) is 24.3 Å². The second-order valence-electron chi connectivity index (χ2n) is 5.71. The summed E-state index contributed by atoms with van der Waals surface area (Å²) in [6, 6.07) is 12.2. The van der Waals surface area contributed by atoms with Crippen LogP contribution in [0, 0.1) is 0 Å². The maximum atomic E-state index is 12.3. The van der Waals surface area contributed by atoms with Crippen molar-refractivity contribution in [2.45, 2.75) is 20.0 Å². The van der Waals surface area contributed by atoms with E-state index in [1.807, 2.05) is 0 Å². The van der Waals surface area contributed by atoms with E-state index in [0.717, 1.165) is 0 Å². The number of benzene rings is 2. The SMILES string of the molecule is COC(=O)c1ccc(C(=O)O[C@H](C)C(=O)Nc2ccccc2C(C)=O)cc1. The monoisotopic (exact) mass is 369 g/mol. The average Bonchev–Trinajstić information content (AvgIpc) is 2.67. The van der Waals surface area contributed by atoms with E-state index < -0.39 is 23.9 Å². The fourth-order valence-corrected chi connectivity index (χ4v) is 2.28. The van der Waals surface area contributed by atoms with Gasteiger partial charge in [0.05, 0.1) is 23.9 Å². The molecule has 0 bridgehead atoms. The van der Waals surface area contributed by atoms with Gasteiger partial charge in [0.15, 0.2) is 11.9 Å². The van der Waals surface area contributed by atoms with Crippen LogP contribution >= 0.6 is 0 Å². The minimum absolute atomic E-state index is 0.187. The topological polar surface area (TPSA) is 98.8 Å². The number of hydrogen-bond donors (Lipinski definition) is 1. The Labute approximate surface area is 156 Å². The first-order valence-corrected chi connectivity index (χ1v) is 8.13. The third-order valence-corrected chi connectivity index (χ3v) is 3.76. The molecule has 27 heavy (non-hydrogen) atoms. The van der Waals surface area contributed by atoms with Crippen LogP contribution in [0.25, 0.3) is 0 Å². The van der Waals surface area contributed by atoms with E-state index in [9.17, 15) is 19.2 Å². The van der Waals surface area contributed by atoms with Gasteiger partial charge in [-0.2, -0.15) is 0 Å². The number of nitrogens with one attached hydrogen (secondary N) is 1. The molecule has 1 amide bonds. The van der Waals surface area contributed by atoms with Gasteiger partial charge in [0.1, 0.15) is 0 Å². The number of ether oxygens (including phenoxy) is 2. The Balaban J connectivity index is 2.03. The number of rotatable bonds is 6. The van der Waals surface area contributed by atoms with E-state index in [2.05, 4.69) is 10.1 Å². The molecule has 0 aliphatic carbocycles. The second kappa shape index (κ2) is 8.75. The number of carbonyl (C=O) groups is 4. The minimum atomic E-state index is -1.09. The van der Waals surface area contributed by atoms with Gasteiger partial charge < -0.3 is 14.8 Å². The lowest BCUT2D eigenvalue weighted by Gasteiger charge is -2.15. The molecule has 0 spiro atoms. The number of methoxy groups -OCH3 is 1. The zero-order chi connectivity index (χ0) is 20.0. The summed E-state index contributed by atoms with van der Waals surface area (Å²) >= 11 is 0. The number of anilines is 1. The number of hydrogen-bond acceptors (Lipinski definition) is 6. The van der Waals surface area contributed by atoms with Crippen molar-refractivity contribution in [3.05, 3.63) is 65.2 Å².